The topological polar surface area (TPSA) is 14.2 Å². The fourth-order valence-electron chi connectivity index (χ4n) is 1.21. The Labute approximate surface area is 67.8 Å². The fourth-order valence-corrected chi connectivity index (χ4v) is 1.21. The zero-order valence-corrected chi connectivity index (χ0v) is 7.37. The molecule has 0 amide bonds. The van der Waals surface area contributed by atoms with Crippen LogP contribution in [-0.4, -0.2) is 11.2 Å². The second-order valence-electron chi connectivity index (χ2n) is 2.61. The second-order valence-corrected chi connectivity index (χ2v) is 2.61. The van der Waals surface area contributed by atoms with Gasteiger partial charge in [0.15, 0.2) is 0 Å². The van der Waals surface area contributed by atoms with Gasteiger partial charge in [0.1, 0.15) is 6.23 Å². The summed E-state index contributed by atoms with van der Waals surface area (Å²) >= 11 is 0. The molecule has 0 saturated carbocycles. The van der Waals surface area contributed by atoms with Crippen molar-refractivity contribution in [2.75, 3.05) is 6.61 Å². The van der Waals surface area contributed by atoms with Crippen LogP contribution in [0.4, 0.5) is 0 Å². The van der Waals surface area contributed by atoms with Crippen molar-refractivity contribution in [3.05, 3.63) is 24.0 Å². The van der Waals surface area contributed by atoms with Gasteiger partial charge in [-0.25, -0.2) is 0 Å². The van der Waals surface area contributed by atoms with Gasteiger partial charge in [0, 0.05) is 18.5 Å². The summed E-state index contributed by atoms with van der Waals surface area (Å²) in [4.78, 5) is 0. The Hall–Kier alpha value is -0.760. The number of nitrogens with zero attached hydrogens (tertiary/aromatic N) is 1. The maximum absolute atomic E-state index is 5.43. The van der Waals surface area contributed by atoms with Crippen LogP contribution in [0.3, 0.4) is 0 Å². The fraction of sp³-hybridized carbons (Fsp3) is 0.556. The number of hydrogen-bond acceptors (Lipinski definition) is 1. The van der Waals surface area contributed by atoms with Crippen molar-refractivity contribution >= 4 is 0 Å². The molecule has 1 rings (SSSR count). The molecule has 1 aromatic rings. The average Bonchev–Trinajstić information content (AvgIpc) is 2.36. The zero-order chi connectivity index (χ0) is 8.27. The van der Waals surface area contributed by atoms with E-state index in [4.69, 9.17) is 4.74 Å². The molecular formula is C9H15NO. The molecule has 0 N–H and O–H groups in total. The largest absolute Gasteiger partial charge is 0.359 e. The summed E-state index contributed by atoms with van der Waals surface area (Å²) in [6.07, 6.45) is 2.20. The molecule has 11 heavy (non-hydrogen) atoms. The van der Waals surface area contributed by atoms with E-state index in [1.165, 1.54) is 5.69 Å². The molecule has 0 unspecified atom stereocenters. The van der Waals surface area contributed by atoms with Crippen LogP contribution in [0, 0.1) is 6.92 Å². The average molecular weight is 153 g/mol. The van der Waals surface area contributed by atoms with Gasteiger partial charge in [0.25, 0.3) is 0 Å². The Morgan fingerprint density at radius 3 is 2.82 bits per heavy atom. The van der Waals surface area contributed by atoms with Crippen LogP contribution in [0.2, 0.25) is 0 Å². The highest BCUT2D eigenvalue weighted by Gasteiger charge is 2.03. The molecular weight excluding hydrogens is 138 g/mol. The third kappa shape index (κ3) is 1.84. The number of rotatable bonds is 3. The van der Waals surface area contributed by atoms with E-state index in [1.807, 2.05) is 19.2 Å². The van der Waals surface area contributed by atoms with Crippen molar-refractivity contribution in [2.24, 2.45) is 0 Å². The molecule has 1 aromatic heterocycles. The highest BCUT2D eigenvalue weighted by atomic mass is 16.5. The molecule has 0 aromatic carbocycles. The molecule has 2 nitrogen and oxygen atoms in total. The van der Waals surface area contributed by atoms with Crippen molar-refractivity contribution in [1.29, 1.82) is 0 Å². The predicted molar refractivity (Wildman–Crippen MR) is 45.5 cm³/mol. The summed E-state index contributed by atoms with van der Waals surface area (Å²) in [5.41, 5.74) is 1.24. The first kappa shape index (κ1) is 8.34. The summed E-state index contributed by atoms with van der Waals surface area (Å²) in [5, 5.41) is 0. The quantitative estimate of drug-likeness (QED) is 0.650. The number of aromatic nitrogens is 1. The van der Waals surface area contributed by atoms with E-state index in [-0.39, 0.29) is 6.23 Å². The van der Waals surface area contributed by atoms with E-state index in [1.54, 1.807) is 0 Å². The molecule has 62 valence electrons. The van der Waals surface area contributed by atoms with E-state index in [0.29, 0.717) is 0 Å². The lowest BCUT2D eigenvalue weighted by atomic mass is 10.5. The van der Waals surface area contributed by atoms with Gasteiger partial charge in [-0.2, -0.15) is 0 Å². The highest BCUT2D eigenvalue weighted by molar-refractivity contribution is 5.04. The lowest BCUT2D eigenvalue weighted by Crippen LogP contribution is -2.09. The highest BCUT2D eigenvalue weighted by Crippen LogP contribution is 2.11. The molecule has 1 heterocycles. The van der Waals surface area contributed by atoms with Crippen LogP contribution in [0.5, 0.6) is 0 Å². The van der Waals surface area contributed by atoms with Crippen molar-refractivity contribution < 1.29 is 4.74 Å². The minimum Gasteiger partial charge on any atom is -0.359 e. The molecule has 0 aliphatic carbocycles. The lowest BCUT2D eigenvalue weighted by molar-refractivity contribution is 0.0238. The third-order valence-corrected chi connectivity index (χ3v) is 1.79. The Morgan fingerprint density at radius 2 is 2.36 bits per heavy atom. The third-order valence-electron chi connectivity index (χ3n) is 1.79. The number of aryl methyl sites for hydroxylation is 1. The lowest BCUT2D eigenvalue weighted by Gasteiger charge is -2.15. The van der Waals surface area contributed by atoms with Crippen LogP contribution in [0.1, 0.15) is 25.8 Å². The first-order valence-electron chi connectivity index (χ1n) is 4.00. The molecule has 0 spiro atoms. The molecule has 0 fully saturated rings. The van der Waals surface area contributed by atoms with Gasteiger partial charge in [-0.3, -0.25) is 0 Å². The normalized spacial score (nSPS) is 13.4. The molecule has 0 saturated heterocycles. The van der Waals surface area contributed by atoms with E-state index in [0.717, 1.165) is 6.61 Å². The van der Waals surface area contributed by atoms with Gasteiger partial charge in [-0.05, 0) is 32.9 Å². The van der Waals surface area contributed by atoms with Crippen molar-refractivity contribution in [1.82, 2.24) is 4.57 Å². The first-order chi connectivity index (χ1) is 5.25. The molecule has 0 radical (unpaired) electrons. The van der Waals surface area contributed by atoms with Gasteiger partial charge in [0.2, 0.25) is 0 Å². The Morgan fingerprint density at radius 1 is 1.64 bits per heavy atom. The number of hydrogen-bond donors (Lipinski definition) is 0. The van der Waals surface area contributed by atoms with Crippen LogP contribution >= 0.6 is 0 Å². The van der Waals surface area contributed by atoms with Crippen molar-refractivity contribution in [3.8, 4) is 0 Å². The molecule has 2 heteroatoms. The van der Waals surface area contributed by atoms with Gasteiger partial charge in [0.05, 0.1) is 0 Å². The Balaban J connectivity index is 2.67. The maximum atomic E-state index is 5.43. The molecule has 1 atom stereocenters. The van der Waals surface area contributed by atoms with Crippen molar-refractivity contribution in [3.63, 3.8) is 0 Å². The van der Waals surface area contributed by atoms with Crippen LogP contribution in [-0.2, 0) is 4.74 Å². The van der Waals surface area contributed by atoms with Gasteiger partial charge >= 0.3 is 0 Å². The molecule has 0 aliphatic rings. The SMILES string of the molecule is CCO[C@@H](C)n1cccc1C. The predicted octanol–water partition coefficient (Wildman–Crippen LogP) is 2.35. The van der Waals surface area contributed by atoms with Gasteiger partial charge in [-0.1, -0.05) is 0 Å². The second kappa shape index (κ2) is 3.58. The zero-order valence-electron chi connectivity index (χ0n) is 7.37. The van der Waals surface area contributed by atoms with E-state index < -0.39 is 0 Å². The monoisotopic (exact) mass is 153 g/mol. The van der Waals surface area contributed by atoms with Gasteiger partial charge in [-0.15, -0.1) is 0 Å². The summed E-state index contributed by atoms with van der Waals surface area (Å²) in [5.74, 6) is 0. The van der Waals surface area contributed by atoms with Gasteiger partial charge < -0.3 is 9.30 Å². The van der Waals surface area contributed by atoms with E-state index in [9.17, 15) is 0 Å². The van der Waals surface area contributed by atoms with Crippen LogP contribution in [0.15, 0.2) is 18.3 Å². The van der Waals surface area contributed by atoms with E-state index in [2.05, 4.69) is 24.5 Å². The molecule has 0 aliphatic heterocycles. The van der Waals surface area contributed by atoms with Crippen LogP contribution in [0.25, 0.3) is 0 Å². The minimum atomic E-state index is 0.162. The first-order valence-corrected chi connectivity index (χ1v) is 4.00. The Kier molecular flexibility index (Phi) is 2.71. The minimum absolute atomic E-state index is 0.162. The van der Waals surface area contributed by atoms with Crippen LogP contribution < -0.4 is 0 Å². The molecule has 0 bridgehead atoms. The summed E-state index contributed by atoms with van der Waals surface area (Å²) in [6, 6.07) is 4.11. The maximum Gasteiger partial charge on any atom is 0.130 e. The summed E-state index contributed by atoms with van der Waals surface area (Å²) < 4.78 is 7.54. The smallest absolute Gasteiger partial charge is 0.130 e. The summed E-state index contributed by atoms with van der Waals surface area (Å²) in [7, 11) is 0. The summed E-state index contributed by atoms with van der Waals surface area (Å²) in [6.45, 7) is 6.90. The van der Waals surface area contributed by atoms with E-state index >= 15 is 0 Å². The van der Waals surface area contributed by atoms with Crippen molar-refractivity contribution in [2.45, 2.75) is 27.0 Å². The number of ether oxygens (including phenoxy) is 1. The Bertz CT molecular complexity index is 217. The standard InChI is InChI=1S/C9H15NO/c1-4-11-9(3)10-7-5-6-8(10)2/h5-7,9H,4H2,1-3H3/t9-/m0/s1.